The lowest BCUT2D eigenvalue weighted by Crippen LogP contribution is -1.96. The van der Waals surface area contributed by atoms with Gasteiger partial charge in [0.1, 0.15) is 0 Å². The van der Waals surface area contributed by atoms with E-state index in [1.54, 1.807) is 0 Å². The molecule has 52 valence electrons. The maximum absolute atomic E-state index is 9.46. The average molecular weight is 154 g/mol. The molecule has 9 heavy (non-hydrogen) atoms. The molecule has 0 radical (unpaired) electrons. The Balaban J connectivity index is 3.10. The van der Waals surface area contributed by atoms with Crippen molar-refractivity contribution in [2.45, 2.75) is 0 Å². The summed E-state index contributed by atoms with van der Waals surface area (Å²) in [5.74, 6) is 0. The minimum atomic E-state index is -1.61. The summed E-state index contributed by atoms with van der Waals surface area (Å²) in [5, 5.41) is 15.4. The molecule has 0 saturated heterocycles. The van der Waals surface area contributed by atoms with Gasteiger partial charge in [-0.25, -0.2) is 9.59 Å². The molecule has 6 nitrogen and oxygen atoms in total. The first kappa shape index (κ1) is 7.89. The molecule has 0 rings (SSSR count). The zero-order valence-electron chi connectivity index (χ0n) is 3.94. The summed E-state index contributed by atoms with van der Waals surface area (Å²) < 4.78 is 7.17. The Labute approximate surface area is 53.8 Å². The van der Waals surface area contributed by atoms with Crippen molar-refractivity contribution < 1.29 is 28.2 Å². The van der Waals surface area contributed by atoms with Gasteiger partial charge in [0.25, 0.3) is 0 Å². The molecule has 0 amide bonds. The van der Waals surface area contributed by atoms with Crippen LogP contribution in [0.5, 0.6) is 0 Å². The number of carbonyl (C=O) groups is 2. The van der Waals surface area contributed by atoms with Gasteiger partial charge in [-0.3, -0.25) is 0 Å². The fraction of sp³-hybridized carbons (Fsp3) is 0. The predicted octanol–water partition coefficient (Wildman–Crippen LogP) is 0.939. The third-order valence-electron chi connectivity index (χ3n) is 0.211. The highest BCUT2D eigenvalue weighted by molar-refractivity contribution is 7.90. The van der Waals surface area contributed by atoms with Gasteiger partial charge in [-0.05, 0) is 0 Å². The second-order valence-corrected chi connectivity index (χ2v) is 1.24. The molecule has 0 aromatic carbocycles. The van der Waals surface area contributed by atoms with E-state index in [-0.39, 0.29) is 12.3 Å². The lowest BCUT2D eigenvalue weighted by atomic mass is 11.5. The molecule has 0 spiro atoms. The maximum atomic E-state index is 9.46. The monoisotopic (exact) mass is 154 g/mol. The van der Waals surface area contributed by atoms with Crippen molar-refractivity contribution in [3.8, 4) is 0 Å². The number of hydrogen-bond acceptors (Lipinski definition) is 5. The molecule has 0 aliphatic carbocycles. The van der Waals surface area contributed by atoms with E-state index in [1.807, 2.05) is 0 Å². The van der Waals surface area contributed by atoms with E-state index in [0.29, 0.717) is 0 Å². The van der Waals surface area contributed by atoms with Gasteiger partial charge in [-0.2, -0.15) is 0 Å². The van der Waals surface area contributed by atoms with Crippen molar-refractivity contribution in [1.29, 1.82) is 0 Å². The van der Waals surface area contributed by atoms with Crippen LogP contribution in [0.1, 0.15) is 0 Å². The topological polar surface area (TPSA) is 93.1 Å². The Morgan fingerprint density at radius 3 is 1.67 bits per heavy atom. The van der Waals surface area contributed by atoms with Crippen molar-refractivity contribution >= 4 is 24.6 Å². The van der Waals surface area contributed by atoms with Crippen LogP contribution in [0.25, 0.3) is 0 Å². The molecular weight excluding hydrogens is 152 g/mol. The van der Waals surface area contributed by atoms with Crippen molar-refractivity contribution in [2.24, 2.45) is 0 Å². The largest absolute Gasteiger partial charge is 0.520 e. The smallest absolute Gasteiger partial charge is 0.449 e. The summed E-state index contributed by atoms with van der Waals surface area (Å²) in [5.41, 5.74) is 0. The molecule has 0 unspecified atom stereocenters. The summed E-state index contributed by atoms with van der Waals surface area (Å²) >= 11 is -0.130. The summed E-state index contributed by atoms with van der Waals surface area (Å²) in [6, 6.07) is 0. The Morgan fingerprint density at radius 2 is 1.44 bits per heavy atom. The van der Waals surface area contributed by atoms with Crippen LogP contribution in [0.3, 0.4) is 0 Å². The van der Waals surface area contributed by atoms with Crippen LogP contribution in [-0.4, -0.2) is 22.5 Å². The molecule has 0 bridgehead atoms. The quantitative estimate of drug-likeness (QED) is 0.571. The second kappa shape index (κ2) is 3.84. The molecule has 0 aliphatic heterocycles. The summed E-state index contributed by atoms with van der Waals surface area (Å²) in [6.45, 7) is 0. The highest BCUT2D eigenvalue weighted by atomic mass is 32.2. The summed E-state index contributed by atoms with van der Waals surface area (Å²) in [7, 11) is 0. The predicted molar refractivity (Wildman–Crippen MR) is 25.8 cm³/mol. The minimum absolute atomic E-state index is 0.130. The number of hydrogen-bond donors (Lipinski definition) is 2. The zero-order chi connectivity index (χ0) is 7.28. The van der Waals surface area contributed by atoms with Gasteiger partial charge in [0.05, 0.1) is 0 Å². The van der Waals surface area contributed by atoms with E-state index >= 15 is 0 Å². The minimum Gasteiger partial charge on any atom is -0.449 e. The first-order chi connectivity index (χ1) is 4.13. The normalized spacial score (nSPS) is 8.00. The standard InChI is InChI=1S/C2H2O6S/c3-1(4)7-9-8-2(5)6/h(H,3,4)(H,5,6). The van der Waals surface area contributed by atoms with Gasteiger partial charge in [0.2, 0.25) is 0 Å². The van der Waals surface area contributed by atoms with Gasteiger partial charge in [0, 0.05) is 0 Å². The Bertz CT molecular complexity index is 106. The zero-order valence-corrected chi connectivity index (χ0v) is 4.75. The molecule has 0 atom stereocenters. The first-order valence-electron chi connectivity index (χ1n) is 1.60. The molecule has 0 aromatic heterocycles. The van der Waals surface area contributed by atoms with Crippen LogP contribution in [-0.2, 0) is 8.37 Å². The number of rotatable bonds is 2. The van der Waals surface area contributed by atoms with Gasteiger partial charge in [-0.1, -0.05) is 0 Å². The Morgan fingerprint density at radius 1 is 1.11 bits per heavy atom. The van der Waals surface area contributed by atoms with Gasteiger partial charge < -0.3 is 18.6 Å². The van der Waals surface area contributed by atoms with E-state index in [2.05, 4.69) is 8.37 Å². The van der Waals surface area contributed by atoms with Crippen LogP contribution in [0.4, 0.5) is 9.59 Å². The summed E-state index contributed by atoms with van der Waals surface area (Å²) in [4.78, 5) is 18.9. The van der Waals surface area contributed by atoms with Crippen molar-refractivity contribution in [3.05, 3.63) is 0 Å². The van der Waals surface area contributed by atoms with Crippen LogP contribution in [0, 0.1) is 0 Å². The number of carboxylic acid groups (broad SMARTS) is 2. The Hall–Kier alpha value is -1.11. The van der Waals surface area contributed by atoms with Crippen molar-refractivity contribution in [3.63, 3.8) is 0 Å². The first-order valence-corrected chi connectivity index (χ1v) is 2.26. The second-order valence-electron chi connectivity index (χ2n) is 0.767. The van der Waals surface area contributed by atoms with E-state index in [9.17, 15) is 9.59 Å². The molecule has 2 N–H and O–H groups in total. The van der Waals surface area contributed by atoms with Crippen molar-refractivity contribution in [2.75, 3.05) is 0 Å². The third-order valence-corrected chi connectivity index (χ3v) is 0.632. The van der Waals surface area contributed by atoms with E-state index in [4.69, 9.17) is 10.2 Å². The van der Waals surface area contributed by atoms with Gasteiger partial charge in [0.15, 0.2) is 0 Å². The summed E-state index contributed by atoms with van der Waals surface area (Å²) in [6.07, 6.45) is -3.22. The average Bonchev–Trinajstić information content (AvgIpc) is 1.63. The van der Waals surface area contributed by atoms with Crippen LogP contribution >= 0.6 is 12.3 Å². The van der Waals surface area contributed by atoms with Crippen molar-refractivity contribution in [1.82, 2.24) is 0 Å². The SMILES string of the molecule is O=C(O)OSOC(=O)O. The fourth-order valence-electron chi connectivity index (χ4n) is 0.0752. The molecule has 7 heteroatoms. The van der Waals surface area contributed by atoms with E-state index in [0.717, 1.165) is 0 Å². The van der Waals surface area contributed by atoms with Gasteiger partial charge >= 0.3 is 24.6 Å². The molecule has 0 aliphatic rings. The molecule has 0 fully saturated rings. The lowest BCUT2D eigenvalue weighted by Gasteiger charge is -1.91. The third kappa shape index (κ3) is 6.89. The molecule has 0 heterocycles. The fourth-order valence-corrected chi connectivity index (χ4v) is 0.226. The Kier molecular flexibility index (Phi) is 3.37. The molecular formula is C2H2O6S. The van der Waals surface area contributed by atoms with Crippen LogP contribution < -0.4 is 0 Å². The van der Waals surface area contributed by atoms with Crippen LogP contribution in [0.2, 0.25) is 0 Å². The molecule has 0 aromatic rings. The van der Waals surface area contributed by atoms with E-state index in [1.165, 1.54) is 0 Å². The highest BCUT2D eigenvalue weighted by Crippen LogP contribution is 2.03. The highest BCUT2D eigenvalue weighted by Gasteiger charge is 2.02. The molecule has 0 saturated carbocycles. The maximum Gasteiger partial charge on any atom is 0.520 e. The lowest BCUT2D eigenvalue weighted by molar-refractivity contribution is 0.137. The van der Waals surface area contributed by atoms with Gasteiger partial charge in [-0.15, -0.1) is 0 Å². The van der Waals surface area contributed by atoms with Crippen LogP contribution in [0.15, 0.2) is 0 Å². The van der Waals surface area contributed by atoms with E-state index < -0.39 is 12.3 Å².